The fourth-order valence-corrected chi connectivity index (χ4v) is 2.09. The van der Waals surface area contributed by atoms with Crippen molar-refractivity contribution in [2.24, 2.45) is 0 Å². The highest BCUT2D eigenvalue weighted by Crippen LogP contribution is 2.24. The number of nitrogens with zero attached hydrogens (tertiary/aromatic N) is 1. The molecule has 1 aromatic heterocycles. The van der Waals surface area contributed by atoms with Gasteiger partial charge in [0.05, 0.1) is 5.69 Å². The van der Waals surface area contributed by atoms with Crippen LogP contribution in [0, 0.1) is 6.92 Å². The Morgan fingerprint density at radius 3 is 2.64 bits per heavy atom. The molecule has 1 unspecified atom stereocenters. The molecule has 1 atom stereocenters. The van der Waals surface area contributed by atoms with E-state index in [0.717, 1.165) is 11.3 Å². The predicted molar refractivity (Wildman–Crippen MR) is 43.6 cm³/mol. The third-order valence-corrected chi connectivity index (χ3v) is 3.35. The molecule has 0 saturated carbocycles. The van der Waals surface area contributed by atoms with Crippen LogP contribution in [0.15, 0.2) is 4.21 Å². The van der Waals surface area contributed by atoms with E-state index < -0.39 is 11.1 Å². The molecule has 62 valence electrons. The molecule has 0 amide bonds. The van der Waals surface area contributed by atoms with Crippen LogP contribution in [0.5, 0.6) is 0 Å². The Balaban J connectivity index is 3.07. The zero-order chi connectivity index (χ0) is 8.43. The molecule has 1 aromatic rings. The van der Waals surface area contributed by atoms with Crippen molar-refractivity contribution in [3.05, 3.63) is 5.69 Å². The van der Waals surface area contributed by atoms with Crippen LogP contribution in [0.4, 0.5) is 5.13 Å². The Hall–Kier alpha value is -0.460. The molecule has 0 aromatic carbocycles. The summed E-state index contributed by atoms with van der Waals surface area (Å²) < 4.78 is 21.3. The topological polar surface area (TPSA) is 65.0 Å². The van der Waals surface area contributed by atoms with Crippen molar-refractivity contribution in [3.8, 4) is 0 Å². The Morgan fingerprint density at radius 2 is 2.36 bits per heavy atom. The van der Waals surface area contributed by atoms with Crippen molar-refractivity contribution in [1.29, 1.82) is 0 Å². The van der Waals surface area contributed by atoms with E-state index in [0.29, 0.717) is 15.0 Å². The molecular weight excluding hydrogens is 184 g/mol. The van der Waals surface area contributed by atoms with E-state index >= 15 is 0 Å². The van der Waals surface area contributed by atoms with Crippen LogP contribution in [-0.4, -0.2) is 20.8 Å². The van der Waals surface area contributed by atoms with Gasteiger partial charge in [0.15, 0.2) is 5.13 Å². The van der Waals surface area contributed by atoms with Crippen LogP contribution in [0.1, 0.15) is 5.69 Å². The first-order chi connectivity index (χ1) is 5.15. The van der Waals surface area contributed by atoms with Crippen molar-refractivity contribution in [1.82, 2.24) is 4.98 Å². The molecular formula is C5H7N2O2S2-. The van der Waals surface area contributed by atoms with Gasteiger partial charge in [0.1, 0.15) is 4.21 Å². The number of thiazole rings is 1. The van der Waals surface area contributed by atoms with Crippen molar-refractivity contribution in [3.63, 3.8) is 0 Å². The zero-order valence-corrected chi connectivity index (χ0v) is 7.71. The van der Waals surface area contributed by atoms with Crippen molar-refractivity contribution >= 4 is 27.5 Å². The van der Waals surface area contributed by atoms with Crippen LogP contribution < -0.4 is 5.32 Å². The lowest BCUT2D eigenvalue weighted by Crippen LogP contribution is -1.87. The van der Waals surface area contributed by atoms with Crippen LogP contribution in [0.2, 0.25) is 0 Å². The van der Waals surface area contributed by atoms with Gasteiger partial charge in [-0.05, 0) is 18.0 Å². The third kappa shape index (κ3) is 1.76. The smallest absolute Gasteiger partial charge is 0.183 e. The highest BCUT2D eigenvalue weighted by atomic mass is 32.2. The first-order valence-corrected chi connectivity index (χ1v) is 4.78. The molecule has 4 nitrogen and oxygen atoms in total. The number of nitrogens with one attached hydrogen (secondary N) is 1. The maximum Gasteiger partial charge on any atom is 0.183 e. The normalized spacial score (nSPS) is 13.0. The van der Waals surface area contributed by atoms with E-state index in [1.807, 2.05) is 0 Å². The quantitative estimate of drug-likeness (QED) is 0.700. The summed E-state index contributed by atoms with van der Waals surface area (Å²) in [4.78, 5) is 3.96. The van der Waals surface area contributed by atoms with Gasteiger partial charge < -0.3 is 9.87 Å². The maximum absolute atomic E-state index is 10.5. The summed E-state index contributed by atoms with van der Waals surface area (Å²) in [6, 6.07) is 0. The third-order valence-electron chi connectivity index (χ3n) is 1.12. The number of hydrogen-bond donors (Lipinski definition) is 1. The Labute approximate surface area is 70.9 Å². The highest BCUT2D eigenvalue weighted by molar-refractivity contribution is 7.81. The number of aryl methyl sites for hydroxylation is 1. The number of hydrogen-bond acceptors (Lipinski definition) is 5. The van der Waals surface area contributed by atoms with Gasteiger partial charge in [0, 0.05) is 7.05 Å². The molecule has 0 aliphatic carbocycles. The van der Waals surface area contributed by atoms with Gasteiger partial charge >= 0.3 is 0 Å². The van der Waals surface area contributed by atoms with E-state index in [1.165, 1.54) is 0 Å². The lowest BCUT2D eigenvalue weighted by Gasteiger charge is -1.99. The largest absolute Gasteiger partial charge is 0.768 e. The van der Waals surface area contributed by atoms with E-state index in [1.54, 1.807) is 14.0 Å². The molecule has 11 heavy (non-hydrogen) atoms. The molecule has 0 bridgehead atoms. The monoisotopic (exact) mass is 191 g/mol. The van der Waals surface area contributed by atoms with E-state index in [4.69, 9.17) is 0 Å². The van der Waals surface area contributed by atoms with Crippen molar-refractivity contribution in [2.45, 2.75) is 11.1 Å². The van der Waals surface area contributed by atoms with Gasteiger partial charge in [0.25, 0.3) is 0 Å². The van der Waals surface area contributed by atoms with Crippen LogP contribution in [0.25, 0.3) is 0 Å². The molecule has 0 aliphatic rings. The Bertz CT molecular complexity index is 284. The van der Waals surface area contributed by atoms with Crippen LogP contribution >= 0.6 is 11.3 Å². The molecule has 0 aliphatic heterocycles. The number of aromatic nitrogens is 1. The van der Waals surface area contributed by atoms with E-state index in [2.05, 4.69) is 10.3 Å². The van der Waals surface area contributed by atoms with Crippen LogP contribution in [-0.2, 0) is 11.1 Å². The van der Waals surface area contributed by atoms with E-state index in [-0.39, 0.29) is 0 Å². The summed E-state index contributed by atoms with van der Waals surface area (Å²) in [5.74, 6) is 0. The van der Waals surface area contributed by atoms with Crippen LogP contribution in [0.3, 0.4) is 0 Å². The average molecular weight is 191 g/mol. The minimum absolute atomic E-state index is 0.300. The van der Waals surface area contributed by atoms with Gasteiger partial charge in [-0.2, -0.15) is 0 Å². The van der Waals surface area contributed by atoms with Gasteiger partial charge in [-0.15, -0.1) is 0 Å². The molecule has 1 heterocycles. The molecule has 1 rings (SSSR count). The summed E-state index contributed by atoms with van der Waals surface area (Å²) in [7, 11) is 1.70. The SMILES string of the molecule is CNc1nc(C)c(S(=O)[O-])s1. The molecule has 0 saturated heterocycles. The van der Waals surface area contributed by atoms with Gasteiger partial charge in [-0.1, -0.05) is 11.3 Å². The van der Waals surface area contributed by atoms with Gasteiger partial charge in [-0.25, -0.2) is 4.98 Å². The number of anilines is 1. The standard InChI is InChI=1S/C5H8N2O2S2/c1-3-4(11(8)9)10-5(6-2)7-3/h1-2H3,(H,6,7)(H,8,9)/p-1. The second-order valence-electron chi connectivity index (χ2n) is 1.88. The van der Waals surface area contributed by atoms with Crippen molar-refractivity contribution < 1.29 is 8.76 Å². The minimum Gasteiger partial charge on any atom is -0.768 e. The second-order valence-corrected chi connectivity index (χ2v) is 4.01. The molecule has 6 heteroatoms. The fraction of sp³-hybridized carbons (Fsp3) is 0.400. The molecule has 1 N–H and O–H groups in total. The lowest BCUT2D eigenvalue weighted by molar-refractivity contribution is 0.538. The second kappa shape index (κ2) is 3.29. The molecule has 0 spiro atoms. The maximum atomic E-state index is 10.5. The Kier molecular flexibility index (Phi) is 2.58. The number of rotatable bonds is 2. The molecule has 0 radical (unpaired) electrons. The summed E-state index contributed by atoms with van der Waals surface area (Å²) in [5, 5.41) is 3.40. The minimum atomic E-state index is -2.16. The summed E-state index contributed by atoms with van der Waals surface area (Å²) in [6.45, 7) is 1.67. The first-order valence-electron chi connectivity index (χ1n) is 2.89. The Morgan fingerprint density at radius 1 is 1.73 bits per heavy atom. The van der Waals surface area contributed by atoms with Gasteiger partial charge in [-0.3, -0.25) is 4.21 Å². The first kappa shape index (κ1) is 8.63. The summed E-state index contributed by atoms with van der Waals surface area (Å²) in [5.41, 5.74) is 0.549. The lowest BCUT2D eigenvalue weighted by atomic mass is 10.6. The summed E-state index contributed by atoms with van der Waals surface area (Å²) in [6.07, 6.45) is 0. The van der Waals surface area contributed by atoms with E-state index in [9.17, 15) is 8.76 Å². The molecule has 0 fully saturated rings. The summed E-state index contributed by atoms with van der Waals surface area (Å²) >= 11 is -1.02. The van der Waals surface area contributed by atoms with Gasteiger partial charge in [0.2, 0.25) is 0 Å². The van der Waals surface area contributed by atoms with Crippen molar-refractivity contribution in [2.75, 3.05) is 12.4 Å². The average Bonchev–Trinajstić information content (AvgIpc) is 2.30. The zero-order valence-electron chi connectivity index (χ0n) is 6.08. The highest BCUT2D eigenvalue weighted by Gasteiger charge is 2.05. The predicted octanol–water partition coefficient (Wildman–Crippen LogP) is 0.731. The fourth-order valence-electron chi connectivity index (χ4n) is 0.644.